The fourth-order valence-corrected chi connectivity index (χ4v) is 2.90. The monoisotopic (exact) mass is 304 g/mol. The summed E-state index contributed by atoms with van der Waals surface area (Å²) >= 11 is 6.00. The molecule has 4 nitrogen and oxygen atoms in total. The van der Waals surface area contributed by atoms with Crippen molar-refractivity contribution in [2.24, 2.45) is 0 Å². The number of amides is 1. The molecule has 1 saturated heterocycles. The Labute approximate surface area is 128 Å². The van der Waals surface area contributed by atoms with Gasteiger partial charge in [0, 0.05) is 36.9 Å². The molecule has 1 aliphatic rings. The lowest BCUT2D eigenvalue weighted by atomic mass is 10.1. The molecule has 21 heavy (non-hydrogen) atoms. The molecule has 0 aromatic heterocycles. The summed E-state index contributed by atoms with van der Waals surface area (Å²) in [6.07, 6.45) is 0. The van der Waals surface area contributed by atoms with Gasteiger partial charge in [-0.3, -0.25) is 4.79 Å². The Kier molecular flexibility index (Phi) is 3.99. The van der Waals surface area contributed by atoms with E-state index in [1.807, 2.05) is 18.2 Å². The van der Waals surface area contributed by atoms with Gasteiger partial charge in [0.2, 0.25) is 5.91 Å². The largest absolute Gasteiger partial charge is 0.387 e. The van der Waals surface area contributed by atoms with E-state index in [-0.39, 0.29) is 5.91 Å². The first-order valence-corrected chi connectivity index (χ1v) is 7.38. The molecule has 1 amide bonds. The predicted molar refractivity (Wildman–Crippen MR) is 84.8 cm³/mol. The van der Waals surface area contributed by atoms with Crippen LogP contribution in [0.15, 0.2) is 36.4 Å². The van der Waals surface area contributed by atoms with Gasteiger partial charge in [-0.25, -0.2) is 0 Å². The molecule has 2 aromatic carbocycles. The summed E-state index contributed by atoms with van der Waals surface area (Å²) in [4.78, 5) is 15.4. The SMILES string of the molecule is O=C(CO)N1CCN(c2ccc3cc(Cl)ccc3c2)CC1. The maximum absolute atomic E-state index is 11.5. The van der Waals surface area contributed by atoms with E-state index >= 15 is 0 Å². The van der Waals surface area contributed by atoms with Gasteiger partial charge in [0.25, 0.3) is 0 Å². The Bertz CT molecular complexity index is 666. The molecule has 0 unspecified atom stereocenters. The van der Waals surface area contributed by atoms with Crippen molar-refractivity contribution < 1.29 is 9.90 Å². The van der Waals surface area contributed by atoms with Gasteiger partial charge in [0.1, 0.15) is 6.61 Å². The zero-order valence-electron chi connectivity index (χ0n) is 11.6. The third kappa shape index (κ3) is 2.96. The number of aliphatic hydroxyl groups excluding tert-OH is 1. The van der Waals surface area contributed by atoms with Gasteiger partial charge >= 0.3 is 0 Å². The Morgan fingerprint density at radius 3 is 2.43 bits per heavy atom. The molecular formula is C16H17ClN2O2. The first-order valence-electron chi connectivity index (χ1n) is 7.00. The van der Waals surface area contributed by atoms with Crippen LogP contribution >= 0.6 is 11.6 Å². The Morgan fingerprint density at radius 2 is 1.71 bits per heavy atom. The summed E-state index contributed by atoms with van der Waals surface area (Å²) in [5, 5.41) is 11.9. The van der Waals surface area contributed by atoms with Crippen molar-refractivity contribution in [1.29, 1.82) is 0 Å². The lowest BCUT2D eigenvalue weighted by Crippen LogP contribution is -2.49. The molecule has 0 radical (unpaired) electrons. The molecule has 1 aliphatic heterocycles. The molecule has 3 rings (SSSR count). The summed E-state index contributed by atoms with van der Waals surface area (Å²) in [6.45, 7) is 2.46. The van der Waals surface area contributed by atoms with Gasteiger partial charge in [-0.1, -0.05) is 23.7 Å². The van der Waals surface area contributed by atoms with E-state index < -0.39 is 6.61 Å². The summed E-state index contributed by atoms with van der Waals surface area (Å²) in [5.41, 5.74) is 1.15. The quantitative estimate of drug-likeness (QED) is 0.924. The standard InChI is InChI=1S/C16H17ClN2O2/c17-14-3-1-13-10-15(4-2-12(13)9-14)18-5-7-19(8-6-18)16(21)11-20/h1-4,9-10,20H,5-8,11H2. The number of fused-ring (bicyclic) bond motifs is 1. The Hall–Kier alpha value is -1.78. The molecule has 5 heteroatoms. The van der Waals surface area contributed by atoms with Gasteiger partial charge in [-0.2, -0.15) is 0 Å². The fraction of sp³-hybridized carbons (Fsp3) is 0.312. The highest BCUT2D eigenvalue weighted by atomic mass is 35.5. The van der Waals surface area contributed by atoms with Crippen LogP contribution in [0.4, 0.5) is 5.69 Å². The minimum atomic E-state index is -0.406. The molecule has 1 N–H and O–H groups in total. The number of aliphatic hydroxyl groups is 1. The topological polar surface area (TPSA) is 43.8 Å². The van der Waals surface area contributed by atoms with Crippen LogP contribution in [-0.2, 0) is 4.79 Å². The van der Waals surface area contributed by atoms with Crippen LogP contribution in [0.1, 0.15) is 0 Å². The zero-order valence-corrected chi connectivity index (χ0v) is 12.4. The summed E-state index contributed by atoms with van der Waals surface area (Å²) < 4.78 is 0. The molecule has 0 bridgehead atoms. The van der Waals surface area contributed by atoms with Crippen LogP contribution in [0.3, 0.4) is 0 Å². The van der Waals surface area contributed by atoms with Crippen molar-refractivity contribution in [2.45, 2.75) is 0 Å². The molecule has 1 heterocycles. The predicted octanol–water partition coefficient (Wildman–Crippen LogP) is 2.13. The number of carbonyl (C=O) groups excluding carboxylic acids is 1. The van der Waals surface area contributed by atoms with Crippen molar-refractivity contribution >= 4 is 34.0 Å². The van der Waals surface area contributed by atoms with E-state index in [0.29, 0.717) is 13.1 Å². The van der Waals surface area contributed by atoms with Crippen molar-refractivity contribution in [3.63, 3.8) is 0 Å². The molecule has 0 spiro atoms. The highest BCUT2D eigenvalue weighted by molar-refractivity contribution is 6.31. The maximum atomic E-state index is 11.5. The Balaban J connectivity index is 1.76. The number of piperazine rings is 1. The van der Waals surface area contributed by atoms with Crippen LogP contribution in [0, 0.1) is 0 Å². The van der Waals surface area contributed by atoms with Crippen LogP contribution in [-0.4, -0.2) is 48.7 Å². The van der Waals surface area contributed by atoms with E-state index in [4.69, 9.17) is 16.7 Å². The lowest BCUT2D eigenvalue weighted by Gasteiger charge is -2.36. The number of carbonyl (C=O) groups is 1. The minimum Gasteiger partial charge on any atom is -0.387 e. The molecular weight excluding hydrogens is 288 g/mol. The third-order valence-electron chi connectivity index (χ3n) is 3.92. The molecule has 110 valence electrons. The number of hydrogen-bond acceptors (Lipinski definition) is 3. The second-order valence-electron chi connectivity index (χ2n) is 5.20. The van der Waals surface area contributed by atoms with Crippen molar-refractivity contribution in [2.75, 3.05) is 37.7 Å². The fourth-order valence-electron chi connectivity index (χ4n) is 2.71. The number of rotatable bonds is 2. The molecule has 0 aliphatic carbocycles. The Morgan fingerprint density at radius 1 is 1.05 bits per heavy atom. The van der Waals surface area contributed by atoms with Crippen molar-refractivity contribution in [3.8, 4) is 0 Å². The first-order chi connectivity index (χ1) is 10.2. The maximum Gasteiger partial charge on any atom is 0.248 e. The van der Waals surface area contributed by atoms with Crippen molar-refractivity contribution in [1.82, 2.24) is 4.90 Å². The highest BCUT2D eigenvalue weighted by Crippen LogP contribution is 2.25. The van der Waals surface area contributed by atoms with Gasteiger partial charge < -0.3 is 14.9 Å². The van der Waals surface area contributed by atoms with Crippen LogP contribution < -0.4 is 4.90 Å². The minimum absolute atomic E-state index is 0.192. The van der Waals surface area contributed by atoms with Crippen LogP contribution in [0.25, 0.3) is 10.8 Å². The van der Waals surface area contributed by atoms with Gasteiger partial charge in [-0.05, 0) is 35.0 Å². The number of nitrogens with zero attached hydrogens (tertiary/aromatic N) is 2. The van der Waals surface area contributed by atoms with E-state index in [0.717, 1.165) is 34.6 Å². The van der Waals surface area contributed by atoms with Gasteiger partial charge in [0.15, 0.2) is 0 Å². The zero-order chi connectivity index (χ0) is 14.8. The number of anilines is 1. The summed E-state index contributed by atoms with van der Waals surface area (Å²) in [7, 11) is 0. The highest BCUT2D eigenvalue weighted by Gasteiger charge is 2.20. The van der Waals surface area contributed by atoms with Crippen LogP contribution in [0.2, 0.25) is 5.02 Å². The first kappa shape index (κ1) is 14.2. The average Bonchev–Trinajstić information content (AvgIpc) is 2.53. The number of benzene rings is 2. The molecule has 0 atom stereocenters. The number of halogens is 1. The van der Waals surface area contributed by atoms with E-state index in [2.05, 4.69) is 23.1 Å². The second kappa shape index (κ2) is 5.92. The average molecular weight is 305 g/mol. The van der Waals surface area contributed by atoms with E-state index in [9.17, 15) is 4.79 Å². The van der Waals surface area contributed by atoms with Gasteiger partial charge in [-0.15, -0.1) is 0 Å². The van der Waals surface area contributed by atoms with Gasteiger partial charge in [0.05, 0.1) is 0 Å². The van der Waals surface area contributed by atoms with E-state index in [1.165, 1.54) is 0 Å². The molecule has 1 fully saturated rings. The van der Waals surface area contributed by atoms with E-state index in [1.54, 1.807) is 4.90 Å². The third-order valence-corrected chi connectivity index (χ3v) is 4.15. The molecule has 2 aromatic rings. The second-order valence-corrected chi connectivity index (χ2v) is 5.64. The number of hydrogen-bond donors (Lipinski definition) is 1. The smallest absolute Gasteiger partial charge is 0.248 e. The van der Waals surface area contributed by atoms with Crippen LogP contribution in [0.5, 0.6) is 0 Å². The lowest BCUT2D eigenvalue weighted by molar-refractivity contribution is -0.134. The van der Waals surface area contributed by atoms with Crippen molar-refractivity contribution in [3.05, 3.63) is 41.4 Å². The molecule has 0 saturated carbocycles. The summed E-state index contributed by atoms with van der Waals surface area (Å²) in [5.74, 6) is -0.192. The summed E-state index contributed by atoms with van der Waals surface area (Å²) in [6, 6.07) is 12.2. The normalized spacial score (nSPS) is 15.5.